The molecule has 1 aromatic rings. The third kappa shape index (κ3) is 3.24. The summed E-state index contributed by atoms with van der Waals surface area (Å²) in [5, 5.41) is 6.61. The zero-order valence-electron chi connectivity index (χ0n) is 12.8. The van der Waals surface area contributed by atoms with Crippen LogP contribution in [0.1, 0.15) is 50.3 Å². The Hall–Kier alpha value is -1.06. The molecule has 4 heteroatoms. The van der Waals surface area contributed by atoms with E-state index in [-0.39, 0.29) is 35.7 Å². The van der Waals surface area contributed by atoms with Crippen LogP contribution < -0.4 is 10.6 Å². The average Bonchev–Trinajstić information content (AvgIpc) is 2.72. The molecule has 1 unspecified atom stereocenters. The highest BCUT2D eigenvalue weighted by Gasteiger charge is 2.37. The zero-order valence-corrected chi connectivity index (χ0v) is 13.6. The van der Waals surface area contributed by atoms with Crippen molar-refractivity contribution < 1.29 is 4.79 Å². The van der Waals surface area contributed by atoms with Crippen LogP contribution in [0.3, 0.4) is 0 Å². The van der Waals surface area contributed by atoms with Gasteiger partial charge in [0.15, 0.2) is 0 Å². The van der Waals surface area contributed by atoms with Gasteiger partial charge in [0.2, 0.25) is 5.91 Å². The minimum atomic E-state index is 0. The summed E-state index contributed by atoms with van der Waals surface area (Å²) in [5.41, 5.74) is 2.85. The van der Waals surface area contributed by atoms with E-state index in [4.69, 9.17) is 0 Å². The van der Waals surface area contributed by atoms with Crippen molar-refractivity contribution in [2.45, 2.75) is 44.6 Å². The molecule has 116 valence electrons. The van der Waals surface area contributed by atoms with Gasteiger partial charge in [-0.1, -0.05) is 38.1 Å². The van der Waals surface area contributed by atoms with Crippen molar-refractivity contribution in [2.75, 3.05) is 13.1 Å². The van der Waals surface area contributed by atoms with Crippen molar-refractivity contribution in [3.63, 3.8) is 0 Å². The lowest BCUT2D eigenvalue weighted by Gasteiger charge is -2.25. The lowest BCUT2D eigenvalue weighted by atomic mass is 9.86. The van der Waals surface area contributed by atoms with Crippen LogP contribution in [0.5, 0.6) is 0 Å². The van der Waals surface area contributed by atoms with E-state index in [0.717, 1.165) is 32.4 Å². The van der Waals surface area contributed by atoms with Crippen LogP contribution in [0.2, 0.25) is 0 Å². The predicted octanol–water partition coefficient (Wildman–Crippen LogP) is 2.95. The Morgan fingerprint density at radius 2 is 1.90 bits per heavy atom. The van der Waals surface area contributed by atoms with Crippen LogP contribution in [0.25, 0.3) is 0 Å². The second-order valence-corrected chi connectivity index (χ2v) is 6.76. The van der Waals surface area contributed by atoms with Crippen molar-refractivity contribution in [1.29, 1.82) is 0 Å². The lowest BCUT2D eigenvalue weighted by Crippen LogP contribution is -2.39. The number of fused-ring (bicyclic) bond motifs is 1. The number of benzene rings is 1. The Balaban J connectivity index is 0.00000161. The summed E-state index contributed by atoms with van der Waals surface area (Å²) >= 11 is 0. The molecule has 0 radical (unpaired) electrons. The molecule has 3 nitrogen and oxygen atoms in total. The van der Waals surface area contributed by atoms with Gasteiger partial charge < -0.3 is 10.6 Å². The van der Waals surface area contributed by atoms with Gasteiger partial charge in [-0.05, 0) is 48.9 Å². The molecule has 1 saturated heterocycles. The standard InChI is InChI=1S/C17H24N2O.ClH/c1-17(2)11-15(13-5-3-4-6-14(13)17)19-16(20)12-7-9-18-10-8-12;/h3-6,12,15,18H,7-11H2,1-2H3,(H,19,20);1H. The van der Waals surface area contributed by atoms with Gasteiger partial charge in [-0.2, -0.15) is 0 Å². The van der Waals surface area contributed by atoms with Crippen LogP contribution in [-0.2, 0) is 10.2 Å². The highest BCUT2D eigenvalue weighted by molar-refractivity contribution is 5.85. The third-order valence-corrected chi connectivity index (χ3v) is 4.81. The molecule has 1 heterocycles. The summed E-state index contributed by atoms with van der Waals surface area (Å²) in [6, 6.07) is 8.72. The maximum Gasteiger partial charge on any atom is 0.223 e. The Labute approximate surface area is 133 Å². The zero-order chi connectivity index (χ0) is 14.2. The first kappa shape index (κ1) is 16.3. The molecule has 1 atom stereocenters. The van der Waals surface area contributed by atoms with Crippen LogP contribution in [-0.4, -0.2) is 19.0 Å². The van der Waals surface area contributed by atoms with Gasteiger partial charge >= 0.3 is 0 Å². The van der Waals surface area contributed by atoms with Gasteiger partial charge in [-0.3, -0.25) is 4.79 Å². The molecule has 1 amide bonds. The number of carbonyl (C=O) groups is 1. The molecule has 21 heavy (non-hydrogen) atoms. The third-order valence-electron chi connectivity index (χ3n) is 4.81. The number of halogens is 1. The van der Waals surface area contributed by atoms with Gasteiger partial charge in [-0.15, -0.1) is 12.4 Å². The number of amides is 1. The molecule has 2 aliphatic rings. The van der Waals surface area contributed by atoms with E-state index < -0.39 is 0 Å². The number of hydrogen-bond acceptors (Lipinski definition) is 2. The molecule has 2 N–H and O–H groups in total. The van der Waals surface area contributed by atoms with E-state index in [1.807, 2.05) is 0 Å². The van der Waals surface area contributed by atoms with Crippen LogP contribution >= 0.6 is 12.4 Å². The maximum absolute atomic E-state index is 12.4. The summed E-state index contributed by atoms with van der Waals surface area (Å²) < 4.78 is 0. The van der Waals surface area contributed by atoms with Crippen LogP contribution in [0.4, 0.5) is 0 Å². The average molecular weight is 309 g/mol. The topological polar surface area (TPSA) is 41.1 Å². The van der Waals surface area contributed by atoms with Crippen molar-refractivity contribution in [2.24, 2.45) is 5.92 Å². The van der Waals surface area contributed by atoms with E-state index in [1.165, 1.54) is 11.1 Å². The highest BCUT2D eigenvalue weighted by Crippen LogP contribution is 2.44. The van der Waals surface area contributed by atoms with E-state index >= 15 is 0 Å². The molecule has 0 saturated carbocycles. The molecule has 1 fully saturated rings. The van der Waals surface area contributed by atoms with Gasteiger partial charge in [0.25, 0.3) is 0 Å². The maximum atomic E-state index is 12.4. The van der Waals surface area contributed by atoms with Crippen molar-refractivity contribution in [3.8, 4) is 0 Å². The van der Waals surface area contributed by atoms with Gasteiger partial charge in [0.1, 0.15) is 0 Å². The minimum Gasteiger partial charge on any atom is -0.349 e. The molecule has 0 aromatic heterocycles. The fraction of sp³-hybridized carbons (Fsp3) is 0.588. The highest BCUT2D eigenvalue weighted by atomic mass is 35.5. The van der Waals surface area contributed by atoms with E-state index in [9.17, 15) is 4.79 Å². The largest absolute Gasteiger partial charge is 0.349 e. The number of carbonyl (C=O) groups excluding carboxylic acids is 1. The fourth-order valence-corrected chi connectivity index (χ4v) is 3.65. The molecular formula is C17H25ClN2O. The Morgan fingerprint density at radius 3 is 2.62 bits per heavy atom. The number of hydrogen-bond donors (Lipinski definition) is 2. The molecular weight excluding hydrogens is 284 g/mol. The van der Waals surface area contributed by atoms with Gasteiger partial charge in [0, 0.05) is 5.92 Å². The lowest BCUT2D eigenvalue weighted by molar-refractivity contribution is -0.126. The molecule has 0 bridgehead atoms. The summed E-state index contributed by atoms with van der Waals surface area (Å²) in [7, 11) is 0. The smallest absolute Gasteiger partial charge is 0.223 e. The Morgan fingerprint density at radius 1 is 1.24 bits per heavy atom. The Kier molecular flexibility index (Phi) is 4.95. The summed E-state index contributed by atoms with van der Waals surface area (Å²) in [4.78, 5) is 12.4. The number of piperidine rings is 1. The molecule has 1 aliphatic carbocycles. The van der Waals surface area contributed by atoms with Crippen molar-refractivity contribution in [3.05, 3.63) is 35.4 Å². The monoisotopic (exact) mass is 308 g/mol. The van der Waals surface area contributed by atoms with Gasteiger partial charge in [-0.25, -0.2) is 0 Å². The molecule has 1 aliphatic heterocycles. The second kappa shape index (κ2) is 6.37. The van der Waals surface area contributed by atoms with E-state index in [1.54, 1.807) is 0 Å². The molecule has 0 spiro atoms. The normalized spacial score (nSPS) is 24.0. The second-order valence-electron chi connectivity index (χ2n) is 6.76. The summed E-state index contributed by atoms with van der Waals surface area (Å²) in [6.07, 6.45) is 2.93. The van der Waals surface area contributed by atoms with E-state index in [2.05, 4.69) is 48.7 Å². The number of nitrogens with one attached hydrogen (secondary N) is 2. The first-order chi connectivity index (χ1) is 9.58. The quantitative estimate of drug-likeness (QED) is 0.882. The van der Waals surface area contributed by atoms with Crippen LogP contribution in [0, 0.1) is 5.92 Å². The minimum absolute atomic E-state index is 0. The predicted molar refractivity (Wildman–Crippen MR) is 87.8 cm³/mol. The van der Waals surface area contributed by atoms with Crippen LogP contribution in [0.15, 0.2) is 24.3 Å². The summed E-state index contributed by atoms with van der Waals surface area (Å²) in [5.74, 6) is 0.427. The first-order valence-corrected chi connectivity index (χ1v) is 7.68. The molecule has 3 rings (SSSR count). The van der Waals surface area contributed by atoms with Crippen molar-refractivity contribution >= 4 is 18.3 Å². The van der Waals surface area contributed by atoms with E-state index in [0.29, 0.717) is 0 Å². The summed E-state index contributed by atoms with van der Waals surface area (Å²) in [6.45, 7) is 6.46. The Bertz CT molecular complexity index is 509. The first-order valence-electron chi connectivity index (χ1n) is 7.68. The van der Waals surface area contributed by atoms with Gasteiger partial charge in [0.05, 0.1) is 6.04 Å². The SMILES string of the molecule is CC1(C)CC(NC(=O)C2CCNCC2)c2ccccc21.Cl. The van der Waals surface area contributed by atoms with Crippen molar-refractivity contribution in [1.82, 2.24) is 10.6 Å². The molecule has 1 aromatic carbocycles. The number of rotatable bonds is 2. The fourth-order valence-electron chi connectivity index (χ4n) is 3.65.